The minimum absolute atomic E-state index is 0. The predicted octanol–water partition coefficient (Wildman–Crippen LogP) is 0.835. The summed E-state index contributed by atoms with van der Waals surface area (Å²) < 4.78 is 5.42. The summed E-state index contributed by atoms with van der Waals surface area (Å²) in [4.78, 5) is 25.5. The number of nitrogens with one attached hydrogen (secondary N) is 2. The van der Waals surface area contributed by atoms with Gasteiger partial charge in [0.25, 0.3) is 5.91 Å². The lowest BCUT2D eigenvalue weighted by Gasteiger charge is -2.22. The monoisotopic (exact) mass is 353 g/mol. The summed E-state index contributed by atoms with van der Waals surface area (Å²) in [5.74, 6) is 0.159. The third kappa shape index (κ3) is 4.93. The molecule has 0 aromatic heterocycles. The molecule has 24 heavy (non-hydrogen) atoms. The number of ether oxygens (including phenoxy) is 1. The lowest BCUT2D eigenvalue weighted by atomic mass is 10.1. The second-order valence-electron chi connectivity index (χ2n) is 6.02. The van der Waals surface area contributed by atoms with E-state index in [0.717, 1.165) is 30.6 Å². The summed E-state index contributed by atoms with van der Waals surface area (Å²) in [5.41, 5.74) is 2.16. The SMILES string of the molecule is Cl.O=C(NCc1ccc(CN2CCCC2=O)cc1)C1CNCCO1. The molecule has 6 nitrogen and oxygen atoms in total. The summed E-state index contributed by atoms with van der Waals surface area (Å²) in [6.07, 6.45) is 1.23. The quantitative estimate of drug-likeness (QED) is 0.822. The Kier molecular flexibility index (Phi) is 7.02. The molecule has 2 N–H and O–H groups in total. The maximum atomic E-state index is 12.0. The predicted molar refractivity (Wildman–Crippen MR) is 92.8 cm³/mol. The minimum Gasteiger partial charge on any atom is -0.366 e. The minimum atomic E-state index is -0.399. The van der Waals surface area contributed by atoms with Gasteiger partial charge in [0, 0.05) is 39.1 Å². The number of amides is 2. The molecule has 2 heterocycles. The largest absolute Gasteiger partial charge is 0.366 e. The summed E-state index contributed by atoms with van der Waals surface area (Å²) >= 11 is 0. The maximum absolute atomic E-state index is 12.0. The number of hydrogen-bond donors (Lipinski definition) is 2. The first kappa shape index (κ1) is 18.7. The van der Waals surface area contributed by atoms with E-state index in [0.29, 0.717) is 32.7 Å². The van der Waals surface area contributed by atoms with E-state index in [1.807, 2.05) is 29.2 Å². The van der Waals surface area contributed by atoms with Gasteiger partial charge in [0.2, 0.25) is 5.91 Å². The summed E-state index contributed by atoms with van der Waals surface area (Å²) in [7, 11) is 0. The number of morpholine rings is 1. The molecular weight excluding hydrogens is 330 g/mol. The average Bonchev–Trinajstić information content (AvgIpc) is 2.99. The fraction of sp³-hybridized carbons (Fsp3) is 0.529. The van der Waals surface area contributed by atoms with E-state index in [9.17, 15) is 9.59 Å². The molecule has 2 aliphatic rings. The molecule has 1 atom stereocenters. The van der Waals surface area contributed by atoms with Gasteiger partial charge in [-0.25, -0.2) is 0 Å². The van der Waals surface area contributed by atoms with Crippen LogP contribution in [0.25, 0.3) is 0 Å². The van der Waals surface area contributed by atoms with Crippen molar-refractivity contribution in [1.82, 2.24) is 15.5 Å². The fourth-order valence-corrected chi connectivity index (χ4v) is 2.89. The number of halogens is 1. The second-order valence-corrected chi connectivity index (χ2v) is 6.02. The Morgan fingerprint density at radius 2 is 2.04 bits per heavy atom. The van der Waals surface area contributed by atoms with Crippen molar-refractivity contribution in [2.45, 2.75) is 32.0 Å². The average molecular weight is 354 g/mol. The van der Waals surface area contributed by atoms with E-state index < -0.39 is 6.10 Å². The van der Waals surface area contributed by atoms with Gasteiger partial charge < -0.3 is 20.3 Å². The van der Waals surface area contributed by atoms with Crippen LogP contribution in [0.4, 0.5) is 0 Å². The van der Waals surface area contributed by atoms with E-state index >= 15 is 0 Å². The van der Waals surface area contributed by atoms with Crippen LogP contribution < -0.4 is 10.6 Å². The number of rotatable bonds is 5. The van der Waals surface area contributed by atoms with Gasteiger partial charge in [-0.05, 0) is 17.5 Å². The van der Waals surface area contributed by atoms with Gasteiger partial charge in [0.15, 0.2) is 0 Å². The summed E-state index contributed by atoms with van der Waals surface area (Å²) in [5, 5.41) is 6.04. The lowest BCUT2D eigenvalue weighted by Crippen LogP contribution is -2.47. The van der Waals surface area contributed by atoms with Crippen molar-refractivity contribution in [3.63, 3.8) is 0 Å². The highest BCUT2D eigenvalue weighted by molar-refractivity contribution is 5.85. The Balaban J connectivity index is 0.00000208. The number of likely N-dealkylation sites (tertiary alicyclic amines) is 1. The zero-order chi connectivity index (χ0) is 16.1. The standard InChI is InChI=1S/C17H23N3O3.ClH/c21-16-2-1-8-20(16)12-14-5-3-13(4-6-14)10-19-17(22)15-11-18-7-9-23-15;/h3-6,15,18H,1-2,7-12H2,(H,19,22);1H. The number of benzene rings is 1. The van der Waals surface area contributed by atoms with Crippen LogP contribution in [-0.4, -0.2) is 49.1 Å². The molecule has 0 aliphatic carbocycles. The Bertz CT molecular complexity index is 559. The van der Waals surface area contributed by atoms with Gasteiger partial charge in [-0.15, -0.1) is 12.4 Å². The molecule has 1 aromatic rings. The Hall–Kier alpha value is -1.63. The zero-order valence-electron chi connectivity index (χ0n) is 13.6. The van der Waals surface area contributed by atoms with E-state index in [1.165, 1.54) is 0 Å². The zero-order valence-corrected chi connectivity index (χ0v) is 14.4. The Labute approximate surface area is 148 Å². The van der Waals surface area contributed by atoms with Crippen molar-refractivity contribution >= 4 is 24.2 Å². The first-order valence-corrected chi connectivity index (χ1v) is 8.18. The first-order valence-electron chi connectivity index (χ1n) is 8.18. The molecule has 7 heteroatoms. The van der Waals surface area contributed by atoms with Crippen LogP contribution >= 0.6 is 12.4 Å². The van der Waals surface area contributed by atoms with E-state index in [4.69, 9.17) is 4.74 Å². The van der Waals surface area contributed by atoms with Crippen LogP contribution in [0, 0.1) is 0 Å². The molecule has 2 fully saturated rings. The Morgan fingerprint density at radius 3 is 2.67 bits per heavy atom. The van der Waals surface area contributed by atoms with Crippen molar-refractivity contribution in [3.05, 3.63) is 35.4 Å². The number of hydrogen-bond acceptors (Lipinski definition) is 4. The lowest BCUT2D eigenvalue weighted by molar-refractivity contribution is -0.134. The number of nitrogens with zero attached hydrogens (tertiary/aromatic N) is 1. The van der Waals surface area contributed by atoms with E-state index in [-0.39, 0.29) is 24.2 Å². The highest BCUT2D eigenvalue weighted by atomic mass is 35.5. The van der Waals surface area contributed by atoms with Crippen molar-refractivity contribution in [2.75, 3.05) is 26.2 Å². The topological polar surface area (TPSA) is 70.7 Å². The van der Waals surface area contributed by atoms with Crippen LogP contribution in [-0.2, 0) is 27.4 Å². The summed E-state index contributed by atoms with van der Waals surface area (Å²) in [6.45, 7) is 3.95. The van der Waals surface area contributed by atoms with Crippen LogP contribution in [0.2, 0.25) is 0 Å². The van der Waals surface area contributed by atoms with E-state index in [1.54, 1.807) is 0 Å². The third-order valence-corrected chi connectivity index (χ3v) is 4.25. The maximum Gasteiger partial charge on any atom is 0.250 e. The van der Waals surface area contributed by atoms with Crippen LogP contribution in [0.5, 0.6) is 0 Å². The molecule has 0 radical (unpaired) electrons. The van der Waals surface area contributed by atoms with Crippen molar-refractivity contribution in [2.24, 2.45) is 0 Å². The Morgan fingerprint density at radius 1 is 1.29 bits per heavy atom. The van der Waals surface area contributed by atoms with Crippen LogP contribution in [0.15, 0.2) is 24.3 Å². The van der Waals surface area contributed by atoms with Gasteiger partial charge >= 0.3 is 0 Å². The first-order chi connectivity index (χ1) is 11.2. The summed E-state index contributed by atoms with van der Waals surface area (Å²) in [6, 6.07) is 8.03. The normalized spacial score (nSPS) is 20.6. The van der Waals surface area contributed by atoms with Crippen molar-refractivity contribution in [3.8, 4) is 0 Å². The highest BCUT2D eigenvalue weighted by Gasteiger charge is 2.21. The van der Waals surface area contributed by atoms with Gasteiger partial charge in [-0.3, -0.25) is 9.59 Å². The van der Waals surface area contributed by atoms with Gasteiger partial charge in [-0.2, -0.15) is 0 Å². The van der Waals surface area contributed by atoms with Crippen LogP contribution in [0.3, 0.4) is 0 Å². The smallest absolute Gasteiger partial charge is 0.250 e. The number of carbonyl (C=O) groups is 2. The molecule has 2 amide bonds. The fourth-order valence-electron chi connectivity index (χ4n) is 2.89. The molecule has 132 valence electrons. The van der Waals surface area contributed by atoms with Crippen LogP contribution in [0.1, 0.15) is 24.0 Å². The molecular formula is C17H24ClN3O3. The number of carbonyl (C=O) groups excluding carboxylic acids is 2. The molecule has 2 saturated heterocycles. The molecule has 0 spiro atoms. The second kappa shape index (κ2) is 9.01. The molecule has 1 aromatic carbocycles. The van der Waals surface area contributed by atoms with Crippen molar-refractivity contribution < 1.29 is 14.3 Å². The molecule has 1 unspecified atom stereocenters. The van der Waals surface area contributed by atoms with Crippen molar-refractivity contribution in [1.29, 1.82) is 0 Å². The van der Waals surface area contributed by atoms with Gasteiger partial charge in [-0.1, -0.05) is 24.3 Å². The van der Waals surface area contributed by atoms with Gasteiger partial charge in [0.1, 0.15) is 6.10 Å². The molecule has 2 aliphatic heterocycles. The van der Waals surface area contributed by atoms with Gasteiger partial charge in [0.05, 0.1) is 6.61 Å². The highest BCUT2D eigenvalue weighted by Crippen LogP contribution is 2.14. The van der Waals surface area contributed by atoms with E-state index in [2.05, 4.69) is 10.6 Å². The third-order valence-electron chi connectivity index (χ3n) is 4.25. The molecule has 0 saturated carbocycles. The molecule has 0 bridgehead atoms. The molecule has 3 rings (SSSR count).